The lowest BCUT2D eigenvalue weighted by Gasteiger charge is -2.35. The van der Waals surface area contributed by atoms with Crippen molar-refractivity contribution in [1.29, 1.82) is 0 Å². The number of hydrogen-bond donors (Lipinski definition) is 1. The maximum Gasteiger partial charge on any atom is 0.321 e. The number of halogens is 1. The monoisotopic (exact) mass is 385 g/mol. The average molecular weight is 385 g/mol. The first kappa shape index (κ1) is 19.6. The van der Waals surface area contributed by atoms with Gasteiger partial charge in [-0.15, -0.1) is 0 Å². The molecule has 1 N–H and O–H groups in total. The lowest BCUT2D eigenvalue weighted by atomic mass is 10.1. The molecule has 1 aromatic heterocycles. The molecule has 1 aliphatic rings. The molecule has 7 nitrogen and oxygen atoms in total. The molecular formula is C20H24FN5O2. The Bertz CT molecular complexity index is 879. The average Bonchev–Trinajstić information content (AvgIpc) is 2.68. The lowest BCUT2D eigenvalue weighted by Crippen LogP contribution is -2.50. The Morgan fingerprint density at radius 3 is 2.46 bits per heavy atom. The van der Waals surface area contributed by atoms with E-state index in [0.717, 1.165) is 5.56 Å². The molecule has 1 fully saturated rings. The number of amides is 3. The number of nitrogens with zero attached hydrogens (tertiary/aromatic N) is 4. The molecule has 0 radical (unpaired) electrons. The quantitative estimate of drug-likeness (QED) is 0.882. The molecule has 0 unspecified atom stereocenters. The summed E-state index contributed by atoms with van der Waals surface area (Å²) in [7, 11) is 3.40. The van der Waals surface area contributed by atoms with Crippen LogP contribution in [-0.2, 0) is 0 Å². The molecule has 3 amide bonds. The van der Waals surface area contributed by atoms with Gasteiger partial charge in [-0.3, -0.25) is 4.79 Å². The summed E-state index contributed by atoms with van der Waals surface area (Å²) in [5.41, 5.74) is 2.04. The molecule has 3 rings (SSSR count). The number of aromatic nitrogens is 1. The Hall–Kier alpha value is -3.16. The standard InChI is InChI=1S/C20H24FN5O2/c1-14-13-15(6-7-16(14)19(27)24(2)3)23-20(28)26-11-9-25(10-12-26)18-17(21)5-4-8-22-18/h4-8,13H,9-12H2,1-3H3,(H,23,28). The van der Waals surface area contributed by atoms with Gasteiger partial charge < -0.3 is 20.0 Å². The minimum Gasteiger partial charge on any atom is -0.351 e. The van der Waals surface area contributed by atoms with Crippen LogP contribution in [0.1, 0.15) is 15.9 Å². The Morgan fingerprint density at radius 1 is 1.14 bits per heavy atom. The van der Waals surface area contributed by atoms with Gasteiger partial charge in [-0.25, -0.2) is 14.2 Å². The van der Waals surface area contributed by atoms with Crippen molar-refractivity contribution in [3.63, 3.8) is 0 Å². The van der Waals surface area contributed by atoms with Gasteiger partial charge in [0.1, 0.15) is 0 Å². The van der Waals surface area contributed by atoms with E-state index in [0.29, 0.717) is 43.2 Å². The largest absolute Gasteiger partial charge is 0.351 e. The van der Waals surface area contributed by atoms with Crippen molar-refractivity contribution < 1.29 is 14.0 Å². The molecule has 2 heterocycles. The number of piperazine rings is 1. The number of rotatable bonds is 3. The highest BCUT2D eigenvalue weighted by atomic mass is 19.1. The Morgan fingerprint density at radius 2 is 1.86 bits per heavy atom. The molecule has 1 aliphatic heterocycles. The second-order valence-electron chi connectivity index (χ2n) is 6.94. The maximum atomic E-state index is 13.9. The summed E-state index contributed by atoms with van der Waals surface area (Å²) in [6.45, 7) is 3.80. The fourth-order valence-corrected chi connectivity index (χ4v) is 3.16. The van der Waals surface area contributed by atoms with Crippen molar-refractivity contribution >= 4 is 23.4 Å². The summed E-state index contributed by atoms with van der Waals surface area (Å²) < 4.78 is 13.9. The summed E-state index contributed by atoms with van der Waals surface area (Å²) in [4.78, 5) is 33.8. The summed E-state index contributed by atoms with van der Waals surface area (Å²) in [5, 5.41) is 2.87. The molecule has 1 saturated heterocycles. The third-order valence-corrected chi connectivity index (χ3v) is 4.72. The van der Waals surface area contributed by atoms with E-state index in [1.54, 1.807) is 49.5 Å². The third kappa shape index (κ3) is 4.21. The normalized spacial score (nSPS) is 14.0. The summed E-state index contributed by atoms with van der Waals surface area (Å²) in [6.07, 6.45) is 1.56. The van der Waals surface area contributed by atoms with Crippen molar-refractivity contribution in [2.24, 2.45) is 0 Å². The van der Waals surface area contributed by atoms with Crippen molar-refractivity contribution in [1.82, 2.24) is 14.8 Å². The molecule has 0 aliphatic carbocycles. The molecule has 8 heteroatoms. The van der Waals surface area contributed by atoms with Crippen LogP contribution in [0.15, 0.2) is 36.5 Å². The zero-order valence-electron chi connectivity index (χ0n) is 16.3. The topological polar surface area (TPSA) is 68.8 Å². The predicted octanol–water partition coefficient (Wildman–Crippen LogP) is 2.59. The Kier molecular flexibility index (Phi) is 5.77. The van der Waals surface area contributed by atoms with Gasteiger partial charge >= 0.3 is 6.03 Å². The molecule has 0 spiro atoms. The molecule has 2 aromatic rings. The van der Waals surface area contributed by atoms with Gasteiger partial charge in [-0.2, -0.15) is 0 Å². The van der Waals surface area contributed by atoms with Gasteiger partial charge in [0.2, 0.25) is 0 Å². The highest BCUT2D eigenvalue weighted by Crippen LogP contribution is 2.19. The number of pyridine rings is 1. The number of carbonyl (C=O) groups is 2. The smallest absolute Gasteiger partial charge is 0.321 e. The van der Waals surface area contributed by atoms with Crippen LogP contribution in [0.2, 0.25) is 0 Å². The summed E-state index contributed by atoms with van der Waals surface area (Å²) in [5.74, 6) is -0.115. The third-order valence-electron chi connectivity index (χ3n) is 4.72. The molecule has 148 valence electrons. The first-order valence-corrected chi connectivity index (χ1v) is 9.10. The second kappa shape index (κ2) is 8.24. The van der Waals surface area contributed by atoms with Gasteiger partial charge in [0.05, 0.1) is 0 Å². The van der Waals surface area contributed by atoms with Crippen LogP contribution >= 0.6 is 0 Å². The SMILES string of the molecule is Cc1cc(NC(=O)N2CCN(c3ncccc3F)CC2)ccc1C(=O)N(C)C. The van der Waals surface area contributed by atoms with Crippen LogP contribution in [0.25, 0.3) is 0 Å². The molecule has 28 heavy (non-hydrogen) atoms. The molecule has 0 bridgehead atoms. The number of anilines is 2. The van der Waals surface area contributed by atoms with Gasteiger partial charge in [-0.1, -0.05) is 0 Å². The number of carbonyl (C=O) groups excluding carboxylic acids is 2. The summed E-state index contributed by atoms with van der Waals surface area (Å²) >= 11 is 0. The fourth-order valence-electron chi connectivity index (χ4n) is 3.16. The first-order chi connectivity index (χ1) is 13.4. The zero-order chi connectivity index (χ0) is 20.3. The van der Waals surface area contributed by atoms with Gasteiger partial charge in [-0.05, 0) is 42.8 Å². The van der Waals surface area contributed by atoms with E-state index in [1.807, 2.05) is 11.8 Å². The highest BCUT2D eigenvalue weighted by molar-refractivity contribution is 5.96. The minimum absolute atomic E-state index is 0.0757. The molecule has 1 aromatic carbocycles. The van der Waals surface area contributed by atoms with E-state index in [9.17, 15) is 14.0 Å². The zero-order valence-corrected chi connectivity index (χ0v) is 16.3. The van der Waals surface area contributed by atoms with E-state index in [4.69, 9.17) is 0 Å². The molecule has 0 saturated carbocycles. The molecular weight excluding hydrogens is 361 g/mol. The van der Waals surface area contributed by atoms with Gasteiger partial charge in [0, 0.05) is 57.7 Å². The number of nitrogens with one attached hydrogen (secondary N) is 1. The lowest BCUT2D eigenvalue weighted by molar-refractivity contribution is 0.0827. The highest BCUT2D eigenvalue weighted by Gasteiger charge is 2.23. The van der Waals surface area contributed by atoms with Crippen LogP contribution in [0.4, 0.5) is 20.7 Å². The van der Waals surface area contributed by atoms with Crippen LogP contribution < -0.4 is 10.2 Å². The van der Waals surface area contributed by atoms with E-state index in [1.165, 1.54) is 11.0 Å². The van der Waals surface area contributed by atoms with Crippen LogP contribution in [0.3, 0.4) is 0 Å². The number of hydrogen-bond acceptors (Lipinski definition) is 4. The Labute approximate surface area is 163 Å². The predicted molar refractivity (Wildman–Crippen MR) is 106 cm³/mol. The fraction of sp³-hybridized carbons (Fsp3) is 0.350. The number of aryl methyl sites for hydroxylation is 1. The van der Waals surface area contributed by atoms with E-state index in [-0.39, 0.29) is 17.8 Å². The number of urea groups is 1. The minimum atomic E-state index is -0.358. The van der Waals surface area contributed by atoms with E-state index < -0.39 is 0 Å². The van der Waals surface area contributed by atoms with Crippen LogP contribution in [0.5, 0.6) is 0 Å². The van der Waals surface area contributed by atoms with Crippen molar-refractivity contribution in [3.8, 4) is 0 Å². The first-order valence-electron chi connectivity index (χ1n) is 9.10. The van der Waals surface area contributed by atoms with Crippen molar-refractivity contribution in [2.45, 2.75) is 6.92 Å². The van der Waals surface area contributed by atoms with Crippen molar-refractivity contribution in [3.05, 3.63) is 53.5 Å². The van der Waals surface area contributed by atoms with Crippen molar-refractivity contribution in [2.75, 3.05) is 50.5 Å². The van der Waals surface area contributed by atoms with Gasteiger partial charge in [0.25, 0.3) is 5.91 Å². The second-order valence-corrected chi connectivity index (χ2v) is 6.94. The van der Waals surface area contributed by atoms with E-state index >= 15 is 0 Å². The Balaban J connectivity index is 1.60. The van der Waals surface area contributed by atoms with Crippen LogP contribution in [0, 0.1) is 12.7 Å². The number of benzene rings is 1. The molecule has 0 atom stereocenters. The summed E-state index contributed by atoms with van der Waals surface area (Å²) in [6, 6.07) is 7.95. The van der Waals surface area contributed by atoms with E-state index in [2.05, 4.69) is 10.3 Å². The van der Waals surface area contributed by atoms with Crippen LogP contribution in [-0.4, -0.2) is 67.0 Å². The maximum absolute atomic E-state index is 13.9. The van der Waals surface area contributed by atoms with Gasteiger partial charge in [0.15, 0.2) is 11.6 Å².